The van der Waals surface area contributed by atoms with Crippen molar-refractivity contribution in [3.05, 3.63) is 0 Å². The number of sulfonamides is 1. The topological polar surface area (TPSA) is 77.9 Å². The summed E-state index contributed by atoms with van der Waals surface area (Å²) in [6, 6.07) is 0. The first-order chi connectivity index (χ1) is 8.86. The van der Waals surface area contributed by atoms with Gasteiger partial charge in [0, 0.05) is 26.2 Å². The smallest absolute Gasteiger partial charge is 0.307 e. The maximum Gasteiger partial charge on any atom is 0.307 e. The summed E-state index contributed by atoms with van der Waals surface area (Å²) >= 11 is 0. The molecular weight excluding hydrogens is 268 g/mol. The molecule has 2 rings (SSSR count). The summed E-state index contributed by atoms with van der Waals surface area (Å²) in [6.07, 6.45) is 3.89. The van der Waals surface area contributed by atoms with E-state index in [2.05, 4.69) is 4.90 Å². The molecule has 0 radical (unpaired) electrons. The minimum absolute atomic E-state index is 0.255. The molecule has 0 aromatic heterocycles. The van der Waals surface area contributed by atoms with Crippen molar-refractivity contribution in [2.24, 2.45) is 11.8 Å². The molecule has 2 fully saturated rings. The molecular formula is C12H22N2O4S. The normalized spacial score (nSPS) is 30.6. The number of hydrogen-bond acceptors (Lipinski definition) is 4. The van der Waals surface area contributed by atoms with Crippen LogP contribution in [0.15, 0.2) is 0 Å². The van der Waals surface area contributed by atoms with Gasteiger partial charge in [-0.05, 0) is 31.7 Å². The number of aliphatic carboxylic acids is 1. The molecule has 2 aliphatic rings. The molecule has 6 nitrogen and oxygen atoms in total. The first-order valence-corrected chi connectivity index (χ1v) is 8.61. The van der Waals surface area contributed by atoms with Gasteiger partial charge in [-0.2, -0.15) is 0 Å². The Morgan fingerprint density at radius 2 is 2.00 bits per heavy atom. The molecule has 2 atom stereocenters. The fourth-order valence-corrected chi connectivity index (χ4v) is 3.98. The fraction of sp³-hybridized carbons (Fsp3) is 0.917. The van der Waals surface area contributed by atoms with Crippen LogP contribution < -0.4 is 0 Å². The van der Waals surface area contributed by atoms with Crippen LogP contribution in [-0.4, -0.2) is 67.7 Å². The Morgan fingerprint density at radius 3 is 2.58 bits per heavy atom. The summed E-state index contributed by atoms with van der Waals surface area (Å²) in [6.45, 7) is 3.42. The zero-order chi connectivity index (χ0) is 14.0. The lowest BCUT2D eigenvalue weighted by atomic mass is 9.99. The molecule has 19 heavy (non-hydrogen) atoms. The Hall–Kier alpha value is -0.660. The zero-order valence-electron chi connectivity index (χ0n) is 11.3. The molecule has 0 aliphatic carbocycles. The summed E-state index contributed by atoms with van der Waals surface area (Å²) < 4.78 is 24.6. The van der Waals surface area contributed by atoms with Gasteiger partial charge in [-0.25, -0.2) is 12.7 Å². The second-order valence-corrected chi connectivity index (χ2v) is 7.70. The molecule has 0 amide bonds. The van der Waals surface area contributed by atoms with Crippen molar-refractivity contribution in [1.82, 2.24) is 9.21 Å². The van der Waals surface area contributed by atoms with E-state index in [9.17, 15) is 13.2 Å². The van der Waals surface area contributed by atoms with E-state index < -0.39 is 16.0 Å². The highest BCUT2D eigenvalue weighted by Crippen LogP contribution is 2.23. The number of carboxylic acids is 1. The SMILES string of the molecule is CS(=O)(=O)N1CCCC(CN2CCC(C(=O)O)C2)C1. The van der Waals surface area contributed by atoms with Crippen LogP contribution in [0.2, 0.25) is 0 Å². The van der Waals surface area contributed by atoms with Gasteiger partial charge in [-0.1, -0.05) is 0 Å². The summed E-state index contributed by atoms with van der Waals surface area (Å²) in [5.74, 6) is -0.644. The lowest BCUT2D eigenvalue weighted by Gasteiger charge is -2.33. The highest BCUT2D eigenvalue weighted by molar-refractivity contribution is 7.88. The summed E-state index contributed by atoms with van der Waals surface area (Å²) in [5.41, 5.74) is 0. The van der Waals surface area contributed by atoms with Crippen molar-refractivity contribution in [1.29, 1.82) is 0 Å². The number of likely N-dealkylation sites (tertiary alicyclic amines) is 1. The van der Waals surface area contributed by atoms with Crippen molar-refractivity contribution in [2.45, 2.75) is 19.3 Å². The first-order valence-electron chi connectivity index (χ1n) is 6.76. The van der Waals surface area contributed by atoms with Crippen molar-refractivity contribution < 1.29 is 18.3 Å². The molecule has 1 N–H and O–H groups in total. The van der Waals surface area contributed by atoms with Crippen LogP contribution in [-0.2, 0) is 14.8 Å². The van der Waals surface area contributed by atoms with E-state index >= 15 is 0 Å². The van der Waals surface area contributed by atoms with Gasteiger partial charge in [0.15, 0.2) is 0 Å². The maximum atomic E-state index is 11.5. The molecule has 7 heteroatoms. The average molecular weight is 290 g/mol. The highest BCUT2D eigenvalue weighted by Gasteiger charge is 2.31. The molecule has 2 unspecified atom stereocenters. The van der Waals surface area contributed by atoms with E-state index in [0.29, 0.717) is 32.0 Å². The minimum Gasteiger partial charge on any atom is -0.481 e. The van der Waals surface area contributed by atoms with Crippen LogP contribution in [0, 0.1) is 11.8 Å². The number of rotatable bonds is 4. The van der Waals surface area contributed by atoms with Gasteiger partial charge in [-0.3, -0.25) is 4.79 Å². The predicted molar refractivity (Wildman–Crippen MR) is 71.3 cm³/mol. The number of hydrogen-bond donors (Lipinski definition) is 1. The van der Waals surface area contributed by atoms with E-state index in [1.54, 1.807) is 4.31 Å². The van der Waals surface area contributed by atoms with Gasteiger partial charge in [0.2, 0.25) is 10.0 Å². The van der Waals surface area contributed by atoms with Crippen LogP contribution >= 0.6 is 0 Å². The standard InChI is InChI=1S/C12H22N2O4S/c1-19(17,18)14-5-2-3-10(8-14)7-13-6-4-11(9-13)12(15)16/h10-11H,2-9H2,1H3,(H,15,16). The van der Waals surface area contributed by atoms with E-state index in [0.717, 1.165) is 25.9 Å². The maximum absolute atomic E-state index is 11.5. The van der Waals surface area contributed by atoms with Gasteiger partial charge in [0.1, 0.15) is 0 Å². The Morgan fingerprint density at radius 1 is 1.26 bits per heavy atom. The third-order valence-electron chi connectivity index (χ3n) is 4.09. The molecule has 2 aliphatic heterocycles. The van der Waals surface area contributed by atoms with E-state index in [1.165, 1.54) is 6.26 Å². The van der Waals surface area contributed by atoms with Crippen LogP contribution in [0.25, 0.3) is 0 Å². The average Bonchev–Trinajstić information content (AvgIpc) is 2.77. The van der Waals surface area contributed by atoms with Crippen LogP contribution in [0.1, 0.15) is 19.3 Å². The second kappa shape index (κ2) is 5.76. The van der Waals surface area contributed by atoms with Crippen molar-refractivity contribution >= 4 is 16.0 Å². The number of carbonyl (C=O) groups is 1. The monoisotopic (exact) mass is 290 g/mol. The van der Waals surface area contributed by atoms with Gasteiger partial charge in [0.05, 0.1) is 12.2 Å². The van der Waals surface area contributed by atoms with Crippen LogP contribution in [0.3, 0.4) is 0 Å². The molecule has 0 spiro atoms. The molecule has 0 aromatic carbocycles. The summed E-state index contributed by atoms with van der Waals surface area (Å²) in [7, 11) is -3.10. The van der Waals surface area contributed by atoms with Crippen molar-refractivity contribution in [3.8, 4) is 0 Å². The summed E-state index contributed by atoms with van der Waals surface area (Å²) in [5, 5.41) is 8.97. The zero-order valence-corrected chi connectivity index (χ0v) is 12.1. The van der Waals surface area contributed by atoms with Gasteiger partial charge < -0.3 is 10.0 Å². The van der Waals surface area contributed by atoms with Crippen molar-refractivity contribution in [3.63, 3.8) is 0 Å². The summed E-state index contributed by atoms with van der Waals surface area (Å²) in [4.78, 5) is 13.1. The largest absolute Gasteiger partial charge is 0.481 e. The second-order valence-electron chi connectivity index (χ2n) is 5.71. The lowest BCUT2D eigenvalue weighted by molar-refractivity contribution is -0.141. The molecule has 0 bridgehead atoms. The molecule has 0 aromatic rings. The van der Waals surface area contributed by atoms with Crippen molar-refractivity contribution in [2.75, 3.05) is 39.0 Å². The number of nitrogens with zero attached hydrogens (tertiary/aromatic N) is 2. The Bertz CT molecular complexity index is 437. The third kappa shape index (κ3) is 3.90. The minimum atomic E-state index is -3.10. The first kappa shape index (κ1) is 14.7. The Labute approximate surface area is 114 Å². The van der Waals surface area contributed by atoms with Gasteiger partial charge in [-0.15, -0.1) is 0 Å². The predicted octanol–water partition coefficient (Wildman–Crippen LogP) is 0.0645. The molecule has 2 saturated heterocycles. The van der Waals surface area contributed by atoms with Crippen LogP contribution in [0.4, 0.5) is 0 Å². The molecule has 110 valence electrons. The molecule has 2 heterocycles. The van der Waals surface area contributed by atoms with Gasteiger partial charge >= 0.3 is 5.97 Å². The fourth-order valence-electron chi connectivity index (χ4n) is 3.04. The quantitative estimate of drug-likeness (QED) is 0.792. The Kier molecular flexibility index (Phi) is 4.47. The third-order valence-corrected chi connectivity index (χ3v) is 5.36. The van der Waals surface area contributed by atoms with E-state index in [1.807, 2.05) is 0 Å². The van der Waals surface area contributed by atoms with Gasteiger partial charge in [0.25, 0.3) is 0 Å². The number of carboxylic acid groups (broad SMARTS) is 1. The Balaban J connectivity index is 1.85. The molecule has 0 saturated carbocycles. The highest BCUT2D eigenvalue weighted by atomic mass is 32.2. The van der Waals surface area contributed by atoms with E-state index in [-0.39, 0.29) is 5.92 Å². The number of piperidine rings is 1. The lowest BCUT2D eigenvalue weighted by Crippen LogP contribution is -2.43. The van der Waals surface area contributed by atoms with Crippen LogP contribution in [0.5, 0.6) is 0 Å². The van der Waals surface area contributed by atoms with E-state index in [4.69, 9.17) is 5.11 Å².